The van der Waals surface area contributed by atoms with E-state index in [9.17, 15) is 71.2 Å². The molecule has 0 unspecified atom stereocenters. The van der Waals surface area contributed by atoms with Gasteiger partial charge < -0.3 is 101 Å². The highest BCUT2D eigenvalue weighted by molar-refractivity contribution is 5.56. The van der Waals surface area contributed by atoms with Crippen LogP contribution in [0.25, 0.3) is 0 Å². The molecule has 18 atom stereocenters. The Bertz CT molecular complexity index is 944. The number of rotatable bonds is 13. The molecule has 0 aromatic heterocycles. The maximum atomic E-state index is 10.9. The van der Waals surface area contributed by atoms with E-state index in [1.54, 1.807) is 0 Å². The molecule has 0 saturated carbocycles. The van der Waals surface area contributed by atoms with Crippen LogP contribution in [0.4, 0.5) is 0 Å². The first-order valence-corrected chi connectivity index (χ1v) is 13.9. The molecule has 1 aliphatic carbocycles. The lowest BCUT2D eigenvalue weighted by Gasteiger charge is -2.48. The molecular formula is C25H45NO19. The van der Waals surface area contributed by atoms with Gasteiger partial charge >= 0.3 is 0 Å². The number of carbonyl (C=O) groups is 1. The lowest BCUT2D eigenvalue weighted by atomic mass is 9.86. The molecule has 2 saturated heterocycles. The Balaban J connectivity index is 0.00000705. The molecule has 2 fully saturated rings. The van der Waals surface area contributed by atoms with E-state index >= 15 is 0 Å². The predicted octanol–water partition coefficient (Wildman–Crippen LogP) is -9.55. The van der Waals surface area contributed by atoms with Crippen LogP contribution in [0.1, 0.15) is 6.92 Å². The first-order valence-electron chi connectivity index (χ1n) is 13.9. The van der Waals surface area contributed by atoms with E-state index in [1.165, 1.54) is 13.0 Å². The summed E-state index contributed by atoms with van der Waals surface area (Å²) in [5, 5.41) is 135. The summed E-state index contributed by atoms with van der Waals surface area (Å²) in [6.45, 7) is -1.08. The van der Waals surface area contributed by atoms with Crippen molar-refractivity contribution in [3.63, 3.8) is 0 Å². The fourth-order valence-electron chi connectivity index (χ4n) is 5.36. The Morgan fingerprint density at radius 3 is 2.07 bits per heavy atom. The van der Waals surface area contributed by atoms with E-state index in [0.717, 1.165) is 0 Å². The minimum atomic E-state index is -2.10. The van der Waals surface area contributed by atoms with E-state index in [2.05, 4.69) is 5.32 Å². The molecule has 20 heteroatoms. The summed E-state index contributed by atoms with van der Waals surface area (Å²) in [5.41, 5.74) is 0.00900. The van der Waals surface area contributed by atoms with Crippen molar-refractivity contribution in [2.45, 2.75) is 117 Å². The molecule has 45 heavy (non-hydrogen) atoms. The molecule has 0 bridgehead atoms. The van der Waals surface area contributed by atoms with E-state index in [1.807, 2.05) is 0 Å². The summed E-state index contributed by atoms with van der Waals surface area (Å²) in [6.07, 6.45) is -26.8. The molecular weight excluding hydrogens is 618 g/mol. The van der Waals surface area contributed by atoms with Gasteiger partial charge in [-0.25, -0.2) is 0 Å². The fourth-order valence-corrected chi connectivity index (χ4v) is 5.36. The van der Waals surface area contributed by atoms with Crippen molar-refractivity contribution in [3.8, 4) is 0 Å². The summed E-state index contributed by atoms with van der Waals surface area (Å²) >= 11 is 0. The van der Waals surface area contributed by atoms with Gasteiger partial charge in [-0.2, -0.15) is 0 Å². The second-order valence-corrected chi connectivity index (χ2v) is 11.0. The van der Waals surface area contributed by atoms with Crippen molar-refractivity contribution in [1.29, 1.82) is 0 Å². The highest BCUT2D eigenvalue weighted by atomic mass is 16.7. The van der Waals surface area contributed by atoms with Crippen LogP contribution in [0.15, 0.2) is 11.6 Å². The van der Waals surface area contributed by atoms with Gasteiger partial charge in [-0.15, -0.1) is 0 Å². The van der Waals surface area contributed by atoms with Crippen LogP contribution in [0.3, 0.4) is 0 Å². The number of aldehydes is 1. The molecule has 264 valence electrons. The number of hydrogen-bond donors (Lipinski definition) is 14. The van der Waals surface area contributed by atoms with Gasteiger partial charge in [0.25, 0.3) is 0 Å². The Hall–Kier alpha value is -1.35. The number of aliphatic hydroxyl groups is 13. The van der Waals surface area contributed by atoms with E-state index in [0.29, 0.717) is 0 Å². The highest BCUT2D eigenvalue weighted by Gasteiger charge is 2.52. The molecule has 0 aromatic rings. The van der Waals surface area contributed by atoms with Gasteiger partial charge in [0, 0.05) is 0 Å². The van der Waals surface area contributed by atoms with Crippen molar-refractivity contribution in [1.82, 2.24) is 5.32 Å². The molecule has 2 heterocycles. The average Bonchev–Trinajstić information content (AvgIpc) is 3.02. The third-order valence-electron chi connectivity index (χ3n) is 8.03. The molecule has 0 spiro atoms. The second-order valence-electron chi connectivity index (χ2n) is 11.0. The number of carbonyl (C=O) groups excluding carboxylic acids is 1. The first kappa shape index (κ1) is 39.8. The normalized spacial score (nSPS) is 43.4. The quantitative estimate of drug-likeness (QED) is 0.0642. The van der Waals surface area contributed by atoms with E-state index in [-0.39, 0.29) is 17.3 Å². The number of hydrogen-bond acceptors (Lipinski definition) is 19. The molecule has 2 aliphatic heterocycles. The number of nitrogens with one attached hydrogen (secondary N) is 1. The Kier molecular flexibility index (Phi) is 15.2. The molecule has 3 rings (SSSR count). The summed E-state index contributed by atoms with van der Waals surface area (Å²) in [4.78, 5) is 10.9. The van der Waals surface area contributed by atoms with Crippen LogP contribution in [0.5, 0.6) is 0 Å². The summed E-state index contributed by atoms with van der Waals surface area (Å²) in [7, 11) is 0. The zero-order valence-corrected chi connectivity index (χ0v) is 24.0. The van der Waals surface area contributed by atoms with Crippen LogP contribution >= 0.6 is 0 Å². The monoisotopic (exact) mass is 663 g/mol. The topological polar surface area (TPSA) is 361 Å². The molecule has 3 aliphatic rings. The van der Waals surface area contributed by atoms with Crippen LogP contribution in [-0.2, 0) is 23.7 Å². The standard InChI is InChI=1S/C25H43NO18.H2O/c1-7-13(26-9-2-8(3-27)14(33)18(37)15(9)34)17(36)20(39)24(41-7)44-23-12(6-30)42-25(21(40)19(23)38)43-22(11(32)5-29)16(35)10(31)4-28;/h2,4,7,9-27,29-40H,3,5-6H2,1H3;1H2/t7-,9+,10+,11-,12-,13-,14-,15+,16-,17+,18+,19-,20-,21-,22-,23-,24-,25-;/m1./s1. The third-order valence-corrected chi connectivity index (χ3v) is 8.03. The number of aliphatic hydroxyl groups excluding tert-OH is 13. The number of ether oxygens (including phenoxy) is 4. The molecule has 0 amide bonds. The Morgan fingerprint density at radius 2 is 1.51 bits per heavy atom. The van der Waals surface area contributed by atoms with Crippen molar-refractivity contribution >= 4 is 6.29 Å². The summed E-state index contributed by atoms with van der Waals surface area (Å²) in [5.74, 6) is 0. The Labute approximate surface area is 256 Å². The van der Waals surface area contributed by atoms with Gasteiger partial charge in [0.2, 0.25) is 0 Å². The van der Waals surface area contributed by atoms with Crippen LogP contribution in [0, 0.1) is 0 Å². The molecule has 16 N–H and O–H groups in total. The van der Waals surface area contributed by atoms with Crippen LogP contribution in [-0.4, -0.2) is 208 Å². The van der Waals surface area contributed by atoms with Crippen molar-refractivity contribution < 1.29 is 95.6 Å². The van der Waals surface area contributed by atoms with Gasteiger partial charge in [-0.3, -0.25) is 0 Å². The second kappa shape index (κ2) is 17.2. The lowest BCUT2D eigenvalue weighted by Crippen LogP contribution is -2.68. The average molecular weight is 664 g/mol. The van der Waals surface area contributed by atoms with Gasteiger partial charge in [-0.05, 0) is 12.5 Å². The van der Waals surface area contributed by atoms with Crippen molar-refractivity contribution in [3.05, 3.63) is 11.6 Å². The Morgan fingerprint density at radius 1 is 0.889 bits per heavy atom. The summed E-state index contributed by atoms with van der Waals surface area (Å²) < 4.78 is 22.0. The minimum absolute atomic E-state index is 0. The van der Waals surface area contributed by atoms with Crippen molar-refractivity contribution in [2.24, 2.45) is 0 Å². The van der Waals surface area contributed by atoms with Gasteiger partial charge in [0.05, 0.1) is 38.0 Å². The molecule has 0 radical (unpaired) electrons. The zero-order valence-electron chi connectivity index (χ0n) is 24.0. The third kappa shape index (κ3) is 8.58. The van der Waals surface area contributed by atoms with Gasteiger partial charge in [-0.1, -0.05) is 6.08 Å². The minimum Gasteiger partial charge on any atom is -0.412 e. The van der Waals surface area contributed by atoms with Gasteiger partial charge in [0.15, 0.2) is 18.9 Å². The van der Waals surface area contributed by atoms with E-state index < -0.39 is 130 Å². The zero-order chi connectivity index (χ0) is 33.0. The van der Waals surface area contributed by atoms with Crippen LogP contribution < -0.4 is 5.32 Å². The first-order chi connectivity index (χ1) is 20.7. The summed E-state index contributed by atoms with van der Waals surface area (Å²) in [6, 6.07) is -2.21. The molecule has 0 aromatic carbocycles. The largest absolute Gasteiger partial charge is 0.412 e. The fraction of sp³-hybridized carbons (Fsp3) is 0.880. The van der Waals surface area contributed by atoms with E-state index in [4.69, 9.17) is 18.9 Å². The highest BCUT2D eigenvalue weighted by Crippen LogP contribution is 2.31. The lowest BCUT2D eigenvalue weighted by molar-refractivity contribution is -0.361. The van der Waals surface area contributed by atoms with Crippen molar-refractivity contribution in [2.75, 3.05) is 19.8 Å². The smallest absolute Gasteiger partial charge is 0.187 e. The molecule has 20 nitrogen and oxygen atoms in total. The van der Waals surface area contributed by atoms with Gasteiger partial charge in [0.1, 0.15) is 79.4 Å². The predicted molar refractivity (Wildman–Crippen MR) is 143 cm³/mol. The maximum Gasteiger partial charge on any atom is 0.187 e. The maximum absolute atomic E-state index is 10.9. The SMILES string of the molecule is C[C@H]1O[C@H](O[C@H]2[C@H](O)[C@@H](O)[C@@H](O[C@@H]([C@H](O)[C@@H](O)C=O)[C@H](O)CO)O[C@@H]2CO)[C@H](O)[C@@H](O)[C@@H]1N[C@H]1C=C(CO)[C@@H](O)[C@H](O)[C@H]1O.O. The van der Waals surface area contributed by atoms with Crippen LogP contribution in [0.2, 0.25) is 0 Å².